The van der Waals surface area contributed by atoms with Gasteiger partial charge in [0.2, 0.25) is 11.8 Å². The topological polar surface area (TPSA) is 78.4 Å². The summed E-state index contributed by atoms with van der Waals surface area (Å²) in [6.45, 7) is 1.76. The van der Waals surface area contributed by atoms with Crippen LogP contribution in [0.4, 0.5) is 0 Å². The lowest BCUT2D eigenvalue weighted by Crippen LogP contribution is -2.51. The molecule has 130 valence electrons. The monoisotopic (exact) mass is 330 g/mol. The lowest BCUT2D eigenvalue weighted by molar-refractivity contribution is -0.127. The zero-order chi connectivity index (χ0) is 17.4. The van der Waals surface area contributed by atoms with Gasteiger partial charge in [0.25, 0.3) is 0 Å². The lowest BCUT2D eigenvalue weighted by atomic mass is 9.85. The maximum absolute atomic E-state index is 12.3. The Bertz CT molecular complexity index is 571. The van der Waals surface area contributed by atoms with Crippen molar-refractivity contribution >= 4 is 17.9 Å². The summed E-state index contributed by atoms with van der Waals surface area (Å²) in [6.07, 6.45) is 7.10. The summed E-state index contributed by atoms with van der Waals surface area (Å²) in [5.41, 5.74) is 0.928. The highest BCUT2D eigenvalue weighted by molar-refractivity contribution is 5.95. The average Bonchev–Trinajstić information content (AvgIpc) is 2.61. The van der Waals surface area contributed by atoms with Gasteiger partial charge < -0.3 is 15.7 Å². The van der Waals surface area contributed by atoms with Crippen LogP contribution in [0.25, 0.3) is 6.08 Å². The quantitative estimate of drug-likeness (QED) is 0.697. The smallest absolute Gasteiger partial charge is 0.244 e. The van der Waals surface area contributed by atoms with Gasteiger partial charge in [-0.2, -0.15) is 0 Å². The Balaban J connectivity index is 1.82. The van der Waals surface area contributed by atoms with Crippen molar-refractivity contribution in [3.63, 3.8) is 0 Å². The van der Waals surface area contributed by atoms with Gasteiger partial charge in [-0.3, -0.25) is 9.59 Å². The molecule has 1 aromatic rings. The molecule has 24 heavy (non-hydrogen) atoms. The molecule has 2 amide bonds. The molecular formula is C19H26N2O3. The van der Waals surface area contributed by atoms with Gasteiger partial charge >= 0.3 is 0 Å². The first-order chi connectivity index (χ1) is 11.6. The van der Waals surface area contributed by atoms with Crippen LogP contribution in [0.1, 0.15) is 38.2 Å². The molecule has 1 aliphatic rings. The summed E-state index contributed by atoms with van der Waals surface area (Å²) in [7, 11) is 0. The molecular weight excluding hydrogens is 304 g/mol. The molecule has 0 bridgehead atoms. The zero-order valence-corrected chi connectivity index (χ0v) is 14.1. The second-order valence-corrected chi connectivity index (χ2v) is 6.32. The lowest BCUT2D eigenvalue weighted by Gasteiger charge is -2.31. The summed E-state index contributed by atoms with van der Waals surface area (Å²) in [4.78, 5) is 24.2. The minimum atomic E-state index is -0.612. The first kappa shape index (κ1) is 18.2. The predicted octanol–water partition coefficient (Wildman–Crippen LogP) is 1.87. The molecule has 0 spiro atoms. The van der Waals surface area contributed by atoms with E-state index in [4.69, 9.17) is 0 Å². The molecule has 1 aromatic carbocycles. The van der Waals surface area contributed by atoms with Crippen molar-refractivity contribution in [1.29, 1.82) is 0 Å². The van der Waals surface area contributed by atoms with Crippen molar-refractivity contribution in [1.82, 2.24) is 10.6 Å². The van der Waals surface area contributed by atoms with Gasteiger partial charge in [0.1, 0.15) is 6.04 Å². The van der Waals surface area contributed by atoms with Crippen molar-refractivity contribution in [2.75, 3.05) is 6.61 Å². The number of hydrogen-bond donors (Lipinski definition) is 3. The van der Waals surface area contributed by atoms with Crippen molar-refractivity contribution in [2.24, 2.45) is 5.92 Å². The average molecular weight is 330 g/mol. The number of carbonyl (C=O) groups is 2. The van der Waals surface area contributed by atoms with E-state index in [2.05, 4.69) is 10.6 Å². The van der Waals surface area contributed by atoms with Crippen LogP contribution >= 0.6 is 0 Å². The highest BCUT2D eigenvalue weighted by Gasteiger charge is 2.27. The normalized spacial score (nSPS) is 22.1. The maximum Gasteiger partial charge on any atom is 0.244 e. The Morgan fingerprint density at radius 3 is 2.67 bits per heavy atom. The summed E-state index contributed by atoms with van der Waals surface area (Å²) in [6, 6.07) is 8.89. The molecule has 3 N–H and O–H groups in total. The van der Waals surface area contributed by atoms with E-state index < -0.39 is 6.04 Å². The molecule has 1 saturated carbocycles. The van der Waals surface area contributed by atoms with E-state index in [9.17, 15) is 14.7 Å². The van der Waals surface area contributed by atoms with E-state index >= 15 is 0 Å². The van der Waals surface area contributed by atoms with Crippen molar-refractivity contribution < 1.29 is 14.7 Å². The van der Waals surface area contributed by atoms with E-state index in [0.29, 0.717) is 0 Å². The Morgan fingerprint density at radius 1 is 1.25 bits per heavy atom. The second-order valence-electron chi connectivity index (χ2n) is 6.32. The number of hydrogen-bond acceptors (Lipinski definition) is 3. The SMILES string of the molecule is CC(NC(=O)/C=C/c1ccccc1)C(=O)NC1CCCCC1CO. The molecule has 2 rings (SSSR count). The number of carbonyl (C=O) groups excluding carboxylic acids is 2. The predicted molar refractivity (Wildman–Crippen MR) is 94.1 cm³/mol. The van der Waals surface area contributed by atoms with E-state index in [1.165, 1.54) is 6.08 Å². The second kappa shape index (κ2) is 9.23. The van der Waals surface area contributed by atoms with Gasteiger partial charge in [-0.1, -0.05) is 43.2 Å². The fraction of sp³-hybridized carbons (Fsp3) is 0.474. The molecule has 1 fully saturated rings. The van der Waals surface area contributed by atoms with Crippen LogP contribution in [0, 0.1) is 5.92 Å². The van der Waals surface area contributed by atoms with Crippen LogP contribution in [0.15, 0.2) is 36.4 Å². The fourth-order valence-electron chi connectivity index (χ4n) is 2.99. The van der Waals surface area contributed by atoms with Crippen LogP contribution in [-0.2, 0) is 9.59 Å². The third kappa shape index (κ3) is 5.49. The standard InChI is InChI=1S/C19H26N2O3/c1-14(19(24)21-17-10-6-5-9-16(17)13-22)20-18(23)12-11-15-7-3-2-4-8-15/h2-4,7-8,11-12,14,16-17,22H,5-6,9-10,13H2,1H3,(H,20,23)(H,21,24)/b12-11+. The number of rotatable bonds is 6. The van der Waals surface area contributed by atoms with Crippen LogP contribution in [0.2, 0.25) is 0 Å². The number of aliphatic hydroxyl groups is 1. The summed E-state index contributed by atoms with van der Waals surface area (Å²) >= 11 is 0. The van der Waals surface area contributed by atoms with Crippen LogP contribution in [-0.4, -0.2) is 35.6 Å². The molecule has 3 unspecified atom stereocenters. The van der Waals surface area contributed by atoms with Crippen LogP contribution in [0.5, 0.6) is 0 Å². The van der Waals surface area contributed by atoms with Gasteiger partial charge in [0.15, 0.2) is 0 Å². The Morgan fingerprint density at radius 2 is 1.96 bits per heavy atom. The molecule has 1 aliphatic carbocycles. The third-order valence-electron chi connectivity index (χ3n) is 4.45. The molecule has 3 atom stereocenters. The van der Waals surface area contributed by atoms with Gasteiger partial charge in [-0.05, 0) is 31.4 Å². The number of aliphatic hydroxyl groups excluding tert-OH is 1. The van der Waals surface area contributed by atoms with E-state index in [1.54, 1.807) is 13.0 Å². The summed E-state index contributed by atoms with van der Waals surface area (Å²) in [5.74, 6) is -0.394. The molecule has 0 aromatic heterocycles. The minimum absolute atomic E-state index is 0.00420. The molecule has 0 saturated heterocycles. The maximum atomic E-state index is 12.3. The Hall–Kier alpha value is -2.14. The first-order valence-electron chi connectivity index (χ1n) is 8.55. The number of nitrogens with one attached hydrogen (secondary N) is 2. The minimum Gasteiger partial charge on any atom is -0.396 e. The van der Waals surface area contributed by atoms with Gasteiger partial charge in [0.05, 0.1) is 0 Å². The van der Waals surface area contributed by atoms with Crippen molar-refractivity contribution in [3.8, 4) is 0 Å². The van der Waals surface area contributed by atoms with E-state index in [1.807, 2.05) is 30.3 Å². The third-order valence-corrected chi connectivity index (χ3v) is 4.45. The highest BCUT2D eigenvalue weighted by Crippen LogP contribution is 2.23. The molecule has 0 radical (unpaired) electrons. The van der Waals surface area contributed by atoms with Crippen LogP contribution < -0.4 is 10.6 Å². The van der Waals surface area contributed by atoms with Crippen molar-refractivity contribution in [3.05, 3.63) is 42.0 Å². The van der Waals surface area contributed by atoms with Gasteiger partial charge in [-0.25, -0.2) is 0 Å². The van der Waals surface area contributed by atoms with Crippen LogP contribution in [0.3, 0.4) is 0 Å². The van der Waals surface area contributed by atoms with Gasteiger partial charge in [-0.15, -0.1) is 0 Å². The first-order valence-corrected chi connectivity index (χ1v) is 8.55. The largest absolute Gasteiger partial charge is 0.396 e. The highest BCUT2D eigenvalue weighted by atomic mass is 16.3. The van der Waals surface area contributed by atoms with Crippen molar-refractivity contribution in [2.45, 2.75) is 44.7 Å². The van der Waals surface area contributed by atoms with Gasteiger partial charge in [0, 0.05) is 24.6 Å². The fourth-order valence-corrected chi connectivity index (χ4v) is 2.99. The Labute approximate surface area is 143 Å². The van der Waals surface area contributed by atoms with E-state index in [0.717, 1.165) is 31.2 Å². The molecule has 5 nitrogen and oxygen atoms in total. The Kier molecular flexibility index (Phi) is 7.00. The molecule has 0 heterocycles. The number of benzene rings is 1. The zero-order valence-electron chi connectivity index (χ0n) is 14.1. The molecule has 5 heteroatoms. The van der Waals surface area contributed by atoms with E-state index in [-0.39, 0.29) is 30.4 Å². The number of amides is 2. The summed E-state index contributed by atoms with van der Waals surface area (Å²) in [5, 5.41) is 15.0. The summed E-state index contributed by atoms with van der Waals surface area (Å²) < 4.78 is 0. The molecule has 0 aliphatic heterocycles.